The molecule has 12 heavy (non-hydrogen) atoms. The summed E-state index contributed by atoms with van der Waals surface area (Å²) in [6.07, 6.45) is 4.15. The van der Waals surface area contributed by atoms with Crippen LogP contribution in [0.5, 0.6) is 0 Å². The topological polar surface area (TPSA) is 0 Å². The molecule has 2 bridgehead atoms. The Bertz CT molecular complexity index is 184. The van der Waals surface area contributed by atoms with Crippen LogP contribution in [0.2, 0.25) is 0 Å². The van der Waals surface area contributed by atoms with Crippen molar-refractivity contribution in [2.24, 2.45) is 17.3 Å². The third-order valence-corrected chi connectivity index (χ3v) is 3.78. The van der Waals surface area contributed by atoms with E-state index in [1.54, 1.807) is 0 Å². The smallest absolute Gasteiger partial charge is 0 e. The first kappa shape index (κ1) is 12.8. The van der Waals surface area contributed by atoms with Crippen molar-refractivity contribution < 1.29 is 22.4 Å². The predicted molar refractivity (Wildman–Crippen MR) is 54.1 cm³/mol. The number of allylic oxidation sites excluding steroid dienone is 1. The van der Waals surface area contributed by atoms with Crippen LogP contribution in [-0.2, 0) is 22.4 Å². The van der Waals surface area contributed by atoms with Crippen LogP contribution in [0.25, 0.3) is 0 Å². The second-order valence-electron chi connectivity index (χ2n) is 4.50. The maximum absolute atomic E-state index is 4.13. The molecule has 1 radical (unpaired) electrons. The number of fused-ring (bicyclic) bond motifs is 2. The molecule has 0 aliphatic heterocycles. The Labute approximate surface area is 98.1 Å². The van der Waals surface area contributed by atoms with Gasteiger partial charge >= 0.3 is 0 Å². The van der Waals surface area contributed by atoms with E-state index in [1.165, 1.54) is 24.8 Å². The first-order valence-electron chi connectivity index (χ1n) is 4.30. The van der Waals surface area contributed by atoms with Gasteiger partial charge in [-0.05, 0) is 36.5 Å². The van der Waals surface area contributed by atoms with E-state index >= 15 is 0 Å². The molecule has 3 rings (SSSR count). The summed E-state index contributed by atoms with van der Waals surface area (Å²) >= 11 is 0. The number of rotatable bonds is 0. The summed E-state index contributed by atoms with van der Waals surface area (Å²) < 4.78 is 0. The van der Waals surface area contributed by atoms with Crippen LogP contribution in [0.3, 0.4) is 0 Å². The normalized spacial score (nSPS) is 35.7. The van der Waals surface area contributed by atoms with Crippen molar-refractivity contribution in [3.8, 4) is 0 Å². The molecule has 0 aromatic rings. The van der Waals surface area contributed by atoms with E-state index in [4.69, 9.17) is 0 Å². The van der Waals surface area contributed by atoms with E-state index in [1.807, 2.05) is 0 Å². The molecule has 0 N–H and O–H groups in total. The zero-order chi connectivity index (χ0) is 7.35. The Balaban J connectivity index is 0.000000605. The van der Waals surface area contributed by atoms with Gasteiger partial charge < -0.3 is 0 Å². The fourth-order valence-electron chi connectivity index (χ4n) is 2.73. The van der Waals surface area contributed by atoms with E-state index in [0.29, 0.717) is 5.41 Å². The molecule has 0 saturated heterocycles. The van der Waals surface area contributed by atoms with Gasteiger partial charge in [-0.3, -0.25) is 0 Å². The first-order chi connectivity index (χ1) is 4.62. The van der Waals surface area contributed by atoms with Gasteiger partial charge in [-0.15, -0.1) is 0 Å². The Kier molecular flexibility index (Phi) is 4.18. The average molecular weight is 367 g/mol. The van der Waals surface area contributed by atoms with Crippen LogP contribution in [0, 0.1) is 17.3 Å². The second kappa shape index (κ2) is 3.91. The summed E-state index contributed by atoms with van der Waals surface area (Å²) in [6.45, 7) is 8.93. The van der Waals surface area contributed by atoms with Gasteiger partial charge in [-0.25, -0.2) is 0 Å². The van der Waals surface area contributed by atoms with Gasteiger partial charge in [-0.2, -0.15) is 13.5 Å². The van der Waals surface area contributed by atoms with Gasteiger partial charge in [-0.1, -0.05) is 26.0 Å². The SMILES string of the molecule is C=C1CCC2CC1C2(C)C.S.[Au]. The Hall–Kier alpha value is 0.830. The molecule has 3 aliphatic carbocycles. The Morgan fingerprint density at radius 1 is 1.42 bits per heavy atom. The quantitative estimate of drug-likeness (QED) is 0.456. The van der Waals surface area contributed by atoms with E-state index in [0.717, 1.165) is 11.8 Å². The van der Waals surface area contributed by atoms with Crippen molar-refractivity contribution in [2.75, 3.05) is 0 Å². The molecule has 0 nitrogen and oxygen atoms in total. The third-order valence-electron chi connectivity index (χ3n) is 3.78. The van der Waals surface area contributed by atoms with Crippen LogP contribution in [0.4, 0.5) is 0 Å². The molecule has 2 heteroatoms. The van der Waals surface area contributed by atoms with Crippen molar-refractivity contribution in [3.63, 3.8) is 0 Å². The molecule has 0 heterocycles. The minimum atomic E-state index is 0. The minimum Gasteiger partial charge on any atom is -0.197 e. The van der Waals surface area contributed by atoms with Gasteiger partial charge in [0.05, 0.1) is 0 Å². The molecule has 0 amide bonds. The molecular formula is C10H18AuS. The molecular weight excluding hydrogens is 349 g/mol. The maximum atomic E-state index is 4.13. The molecule has 3 fully saturated rings. The zero-order valence-electron chi connectivity index (χ0n) is 7.78. The van der Waals surface area contributed by atoms with E-state index in [9.17, 15) is 0 Å². The molecule has 0 aromatic carbocycles. The molecule has 0 aromatic heterocycles. The van der Waals surface area contributed by atoms with Gasteiger partial charge in [0.15, 0.2) is 0 Å². The monoisotopic (exact) mass is 367 g/mol. The molecule has 75 valence electrons. The predicted octanol–water partition coefficient (Wildman–Crippen LogP) is 3.11. The van der Waals surface area contributed by atoms with Crippen molar-refractivity contribution in [1.82, 2.24) is 0 Å². The number of hydrogen-bond donors (Lipinski definition) is 0. The van der Waals surface area contributed by atoms with E-state index in [2.05, 4.69) is 20.4 Å². The first-order valence-corrected chi connectivity index (χ1v) is 4.30. The molecule has 2 unspecified atom stereocenters. The molecule has 3 saturated carbocycles. The Morgan fingerprint density at radius 3 is 2.25 bits per heavy atom. The minimum absolute atomic E-state index is 0. The Morgan fingerprint density at radius 2 is 2.00 bits per heavy atom. The van der Waals surface area contributed by atoms with Crippen LogP contribution in [0.15, 0.2) is 12.2 Å². The zero-order valence-corrected chi connectivity index (χ0v) is 11.0. The van der Waals surface area contributed by atoms with Crippen molar-refractivity contribution in [1.29, 1.82) is 0 Å². The summed E-state index contributed by atoms with van der Waals surface area (Å²) in [5, 5.41) is 0. The van der Waals surface area contributed by atoms with Gasteiger partial charge in [0.2, 0.25) is 0 Å². The number of hydrogen-bond acceptors (Lipinski definition) is 0. The van der Waals surface area contributed by atoms with Crippen LogP contribution >= 0.6 is 13.5 Å². The molecule has 0 spiro atoms. The largest absolute Gasteiger partial charge is 0.197 e. The average Bonchev–Trinajstić information content (AvgIpc) is 1.87. The van der Waals surface area contributed by atoms with Gasteiger partial charge in [0.1, 0.15) is 0 Å². The van der Waals surface area contributed by atoms with Crippen LogP contribution < -0.4 is 0 Å². The summed E-state index contributed by atoms with van der Waals surface area (Å²) in [4.78, 5) is 0. The van der Waals surface area contributed by atoms with Crippen LogP contribution in [-0.4, -0.2) is 0 Å². The third kappa shape index (κ3) is 1.57. The summed E-state index contributed by atoms with van der Waals surface area (Å²) in [5.41, 5.74) is 2.13. The fraction of sp³-hybridized carbons (Fsp3) is 0.800. The van der Waals surface area contributed by atoms with Gasteiger partial charge in [0.25, 0.3) is 0 Å². The summed E-state index contributed by atoms with van der Waals surface area (Å²) in [7, 11) is 0. The van der Waals surface area contributed by atoms with Crippen molar-refractivity contribution >= 4 is 13.5 Å². The van der Waals surface area contributed by atoms with Crippen molar-refractivity contribution in [2.45, 2.75) is 33.1 Å². The summed E-state index contributed by atoms with van der Waals surface area (Å²) in [6, 6.07) is 0. The second-order valence-corrected chi connectivity index (χ2v) is 4.50. The maximum Gasteiger partial charge on any atom is 0 e. The summed E-state index contributed by atoms with van der Waals surface area (Å²) in [5.74, 6) is 1.88. The standard InChI is InChI=1S/C10H16.Au.H2S/c1-7-4-5-8-6-9(7)10(8,2)3;;/h8-9H,1,4-6H2,2-3H3;;1H2. The molecule has 2 atom stereocenters. The van der Waals surface area contributed by atoms with E-state index in [-0.39, 0.29) is 35.9 Å². The van der Waals surface area contributed by atoms with Crippen molar-refractivity contribution in [3.05, 3.63) is 12.2 Å². The van der Waals surface area contributed by atoms with Gasteiger partial charge in [0, 0.05) is 22.4 Å². The van der Waals surface area contributed by atoms with Crippen LogP contribution in [0.1, 0.15) is 33.1 Å². The van der Waals surface area contributed by atoms with E-state index < -0.39 is 0 Å². The fourth-order valence-corrected chi connectivity index (χ4v) is 2.73. The molecule has 3 aliphatic rings.